The summed E-state index contributed by atoms with van der Waals surface area (Å²) in [4.78, 5) is 0. The first-order valence-electron chi connectivity index (χ1n) is 5.71. The molecule has 6 heteroatoms. The van der Waals surface area contributed by atoms with Crippen molar-refractivity contribution in [2.75, 3.05) is 5.32 Å². The van der Waals surface area contributed by atoms with E-state index in [0.717, 1.165) is 0 Å². The Labute approximate surface area is 110 Å². The average molecular weight is 274 g/mol. The summed E-state index contributed by atoms with van der Waals surface area (Å²) >= 11 is 5.77. The van der Waals surface area contributed by atoms with Gasteiger partial charge < -0.3 is 25.4 Å². The van der Waals surface area contributed by atoms with Crippen LogP contribution in [-0.4, -0.2) is 46.0 Å². The Morgan fingerprint density at radius 1 is 1.06 bits per heavy atom. The zero-order valence-electron chi connectivity index (χ0n) is 9.82. The number of hydrogen-bond donors (Lipinski definition) is 4. The van der Waals surface area contributed by atoms with Crippen LogP contribution in [0, 0.1) is 0 Å². The number of hydrogen-bond acceptors (Lipinski definition) is 5. The molecular weight excluding hydrogens is 258 g/mol. The number of ether oxygens (including phenoxy) is 1. The highest BCUT2D eigenvalue weighted by Gasteiger charge is 2.41. The second-order valence-corrected chi connectivity index (χ2v) is 4.82. The molecule has 5 nitrogen and oxygen atoms in total. The lowest BCUT2D eigenvalue weighted by Gasteiger charge is -2.39. The van der Waals surface area contributed by atoms with Crippen LogP contribution in [0.1, 0.15) is 6.92 Å². The molecule has 0 aromatic heterocycles. The number of benzene rings is 1. The van der Waals surface area contributed by atoms with E-state index in [0.29, 0.717) is 10.7 Å². The molecule has 1 fully saturated rings. The van der Waals surface area contributed by atoms with E-state index in [1.807, 2.05) is 0 Å². The van der Waals surface area contributed by atoms with Crippen LogP contribution in [0.15, 0.2) is 24.3 Å². The monoisotopic (exact) mass is 273 g/mol. The summed E-state index contributed by atoms with van der Waals surface area (Å²) in [5.74, 6) is 0. The lowest BCUT2D eigenvalue weighted by Crippen LogP contribution is -2.58. The van der Waals surface area contributed by atoms with Crippen molar-refractivity contribution in [1.82, 2.24) is 0 Å². The Morgan fingerprint density at radius 2 is 1.67 bits per heavy atom. The Kier molecular flexibility index (Phi) is 4.09. The van der Waals surface area contributed by atoms with Crippen molar-refractivity contribution in [3.8, 4) is 0 Å². The van der Waals surface area contributed by atoms with Crippen molar-refractivity contribution >= 4 is 17.3 Å². The van der Waals surface area contributed by atoms with Crippen molar-refractivity contribution < 1.29 is 20.1 Å². The highest BCUT2D eigenvalue weighted by Crippen LogP contribution is 2.23. The van der Waals surface area contributed by atoms with Gasteiger partial charge in [-0.05, 0) is 31.2 Å². The third-order valence-electron chi connectivity index (χ3n) is 3.01. The van der Waals surface area contributed by atoms with Gasteiger partial charge in [-0.25, -0.2) is 0 Å². The molecular formula is C12H16ClNO4. The van der Waals surface area contributed by atoms with Gasteiger partial charge in [0.25, 0.3) is 0 Å². The van der Waals surface area contributed by atoms with Crippen molar-refractivity contribution in [2.45, 2.75) is 37.6 Å². The third kappa shape index (κ3) is 2.76. The second kappa shape index (κ2) is 5.42. The summed E-state index contributed by atoms with van der Waals surface area (Å²) in [6.07, 6.45) is -4.87. The molecule has 0 bridgehead atoms. The van der Waals surface area contributed by atoms with E-state index in [9.17, 15) is 15.3 Å². The van der Waals surface area contributed by atoms with E-state index in [4.69, 9.17) is 16.3 Å². The van der Waals surface area contributed by atoms with Gasteiger partial charge in [0.05, 0.1) is 6.10 Å². The normalized spacial score (nSPS) is 36.4. The van der Waals surface area contributed by atoms with Gasteiger partial charge in [-0.2, -0.15) is 0 Å². The Morgan fingerprint density at radius 3 is 2.28 bits per heavy atom. The average Bonchev–Trinajstić information content (AvgIpc) is 2.36. The number of aliphatic hydroxyl groups is 3. The van der Waals surface area contributed by atoms with Gasteiger partial charge in [0, 0.05) is 10.7 Å². The summed E-state index contributed by atoms with van der Waals surface area (Å²) in [5, 5.41) is 32.6. The van der Waals surface area contributed by atoms with Crippen LogP contribution in [0.25, 0.3) is 0 Å². The van der Waals surface area contributed by atoms with Gasteiger partial charge in [-0.1, -0.05) is 11.6 Å². The van der Waals surface area contributed by atoms with Crippen LogP contribution in [0.4, 0.5) is 5.69 Å². The van der Waals surface area contributed by atoms with Crippen molar-refractivity contribution in [3.05, 3.63) is 29.3 Å². The van der Waals surface area contributed by atoms with Crippen LogP contribution < -0.4 is 5.32 Å². The summed E-state index contributed by atoms with van der Waals surface area (Å²) in [7, 11) is 0. The zero-order chi connectivity index (χ0) is 13.3. The van der Waals surface area contributed by atoms with E-state index >= 15 is 0 Å². The molecule has 0 unspecified atom stereocenters. The highest BCUT2D eigenvalue weighted by molar-refractivity contribution is 6.30. The number of rotatable bonds is 2. The number of nitrogens with one attached hydrogen (secondary N) is 1. The van der Waals surface area contributed by atoms with Gasteiger partial charge >= 0.3 is 0 Å². The predicted octanol–water partition coefficient (Wildman–Crippen LogP) is 0.579. The molecule has 2 rings (SSSR count). The first-order chi connectivity index (χ1) is 8.49. The largest absolute Gasteiger partial charge is 0.388 e. The fraction of sp³-hybridized carbons (Fsp3) is 0.500. The Bertz CT molecular complexity index is 400. The predicted molar refractivity (Wildman–Crippen MR) is 67.4 cm³/mol. The quantitative estimate of drug-likeness (QED) is 0.634. The van der Waals surface area contributed by atoms with Gasteiger partial charge in [0.1, 0.15) is 18.3 Å². The van der Waals surface area contributed by atoms with Crippen molar-refractivity contribution in [1.29, 1.82) is 0 Å². The molecule has 0 spiro atoms. The molecule has 1 heterocycles. The third-order valence-corrected chi connectivity index (χ3v) is 3.26. The first kappa shape index (κ1) is 13.6. The topological polar surface area (TPSA) is 82.0 Å². The molecule has 5 atom stereocenters. The van der Waals surface area contributed by atoms with E-state index in [2.05, 4.69) is 5.32 Å². The fourth-order valence-corrected chi connectivity index (χ4v) is 2.01. The number of halogens is 1. The molecule has 100 valence electrons. The molecule has 4 N–H and O–H groups in total. The standard InChI is InChI=1S/C12H16ClNO4/c1-6-9(15)10(16)11(17)12(18-6)14-8-4-2-7(13)3-5-8/h2-6,9-12,14-17H,1H3/t6-,9-,10-,11+,12-/m0/s1. The maximum atomic E-state index is 9.82. The minimum atomic E-state index is -1.24. The van der Waals surface area contributed by atoms with Crippen molar-refractivity contribution in [3.63, 3.8) is 0 Å². The maximum absolute atomic E-state index is 9.82. The lowest BCUT2D eigenvalue weighted by molar-refractivity contribution is -0.209. The fourth-order valence-electron chi connectivity index (χ4n) is 1.88. The van der Waals surface area contributed by atoms with Crippen molar-refractivity contribution in [2.24, 2.45) is 0 Å². The molecule has 1 aliphatic heterocycles. The number of aliphatic hydroxyl groups excluding tert-OH is 3. The minimum absolute atomic E-state index is 0.562. The molecule has 0 saturated carbocycles. The zero-order valence-corrected chi connectivity index (χ0v) is 10.6. The molecule has 0 amide bonds. The minimum Gasteiger partial charge on any atom is -0.388 e. The van der Waals surface area contributed by atoms with Crippen LogP contribution in [-0.2, 0) is 4.74 Å². The van der Waals surface area contributed by atoms with Crippen LogP contribution in [0.3, 0.4) is 0 Å². The Hall–Kier alpha value is -0.850. The Balaban J connectivity index is 2.06. The van der Waals surface area contributed by atoms with Gasteiger partial charge in [-0.3, -0.25) is 0 Å². The first-order valence-corrected chi connectivity index (χ1v) is 6.08. The molecule has 18 heavy (non-hydrogen) atoms. The lowest BCUT2D eigenvalue weighted by atomic mass is 9.99. The van der Waals surface area contributed by atoms with E-state index in [1.165, 1.54) is 0 Å². The highest BCUT2D eigenvalue weighted by atomic mass is 35.5. The summed E-state index contributed by atoms with van der Waals surface area (Å²) in [6, 6.07) is 6.88. The second-order valence-electron chi connectivity index (χ2n) is 4.38. The van der Waals surface area contributed by atoms with E-state index < -0.39 is 30.6 Å². The van der Waals surface area contributed by atoms with Crippen LogP contribution in [0.2, 0.25) is 5.02 Å². The van der Waals surface area contributed by atoms with Crippen LogP contribution in [0.5, 0.6) is 0 Å². The molecule has 1 saturated heterocycles. The number of anilines is 1. The molecule has 1 aromatic carbocycles. The summed E-state index contributed by atoms with van der Waals surface area (Å²) in [5.41, 5.74) is 0.708. The van der Waals surface area contributed by atoms with Gasteiger partial charge in [0.15, 0.2) is 6.23 Å². The van der Waals surface area contributed by atoms with E-state index in [-0.39, 0.29) is 0 Å². The van der Waals surface area contributed by atoms with E-state index in [1.54, 1.807) is 31.2 Å². The SMILES string of the molecule is C[C@@H]1O[C@H](Nc2ccc(Cl)cc2)[C@H](O)[C@@H](O)[C@H]1O. The van der Waals surface area contributed by atoms with Crippen LogP contribution >= 0.6 is 11.6 Å². The smallest absolute Gasteiger partial charge is 0.157 e. The van der Waals surface area contributed by atoms with Gasteiger partial charge in [-0.15, -0.1) is 0 Å². The molecule has 1 aromatic rings. The molecule has 0 radical (unpaired) electrons. The molecule has 1 aliphatic rings. The summed E-state index contributed by atoms with van der Waals surface area (Å²) in [6.45, 7) is 1.64. The maximum Gasteiger partial charge on any atom is 0.157 e. The summed E-state index contributed by atoms with van der Waals surface area (Å²) < 4.78 is 5.41. The molecule has 0 aliphatic carbocycles. The van der Waals surface area contributed by atoms with Gasteiger partial charge in [0.2, 0.25) is 0 Å².